The van der Waals surface area contributed by atoms with E-state index in [-0.39, 0.29) is 12.1 Å². The molecule has 1 saturated heterocycles. The van der Waals surface area contributed by atoms with Crippen LogP contribution in [-0.4, -0.2) is 34.8 Å². The average molecular weight is 279 g/mol. The van der Waals surface area contributed by atoms with Gasteiger partial charge in [-0.3, -0.25) is 0 Å². The van der Waals surface area contributed by atoms with Crippen molar-refractivity contribution in [2.24, 2.45) is 0 Å². The Kier molecular flexibility index (Phi) is 4.40. The van der Waals surface area contributed by atoms with Crippen molar-refractivity contribution in [1.29, 1.82) is 0 Å². The molecule has 1 amide bonds. The van der Waals surface area contributed by atoms with Gasteiger partial charge in [0.05, 0.1) is 0 Å². The Balaban J connectivity index is 2.27. The van der Waals surface area contributed by atoms with Crippen LogP contribution in [0.5, 0.6) is 0 Å². The highest BCUT2D eigenvalue weighted by atomic mass is 79.9. The van der Waals surface area contributed by atoms with E-state index in [1.54, 1.807) is 0 Å². The minimum atomic E-state index is -0.416. The highest BCUT2D eigenvalue weighted by Gasteiger charge is 2.22. The largest absolute Gasteiger partial charge is 0.444 e. The van der Waals surface area contributed by atoms with Crippen LogP contribution < -0.4 is 5.32 Å². The summed E-state index contributed by atoms with van der Waals surface area (Å²) in [5.41, 5.74) is -0.416. The molecule has 0 radical (unpaired) electrons. The van der Waals surface area contributed by atoms with E-state index in [9.17, 15) is 4.79 Å². The quantitative estimate of drug-likeness (QED) is 0.749. The summed E-state index contributed by atoms with van der Waals surface area (Å²) in [7, 11) is 0. The molecule has 0 unspecified atom stereocenters. The lowest BCUT2D eigenvalue weighted by molar-refractivity contribution is 0.0490. The first-order valence-electron chi connectivity index (χ1n) is 5.27. The third-order valence-electron chi connectivity index (χ3n) is 2.16. The second-order valence-electron chi connectivity index (χ2n) is 4.83. The highest BCUT2D eigenvalue weighted by molar-refractivity contribution is 9.07. The van der Waals surface area contributed by atoms with Gasteiger partial charge in [0.15, 0.2) is 0 Å². The van der Waals surface area contributed by atoms with E-state index in [1.807, 2.05) is 20.8 Å². The SMILES string of the molecule is CC(C)(C)OC(=O)NC1CCN(Br)CC1. The number of halogens is 1. The summed E-state index contributed by atoms with van der Waals surface area (Å²) in [5, 5.41) is 2.89. The summed E-state index contributed by atoms with van der Waals surface area (Å²) in [6.45, 7) is 7.52. The predicted molar refractivity (Wildman–Crippen MR) is 62.9 cm³/mol. The molecule has 0 aromatic rings. The molecule has 4 nitrogen and oxygen atoms in total. The van der Waals surface area contributed by atoms with Crippen molar-refractivity contribution >= 4 is 22.2 Å². The average Bonchev–Trinajstić information content (AvgIpc) is 2.05. The maximum atomic E-state index is 11.4. The van der Waals surface area contributed by atoms with Crippen molar-refractivity contribution in [3.8, 4) is 0 Å². The lowest BCUT2D eigenvalue weighted by Gasteiger charge is -2.29. The molecule has 1 heterocycles. The van der Waals surface area contributed by atoms with Crippen molar-refractivity contribution in [2.75, 3.05) is 13.1 Å². The van der Waals surface area contributed by atoms with E-state index >= 15 is 0 Å². The van der Waals surface area contributed by atoms with Gasteiger partial charge >= 0.3 is 6.09 Å². The Labute approximate surface area is 99.7 Å². The fraction of sp³-hybridized carbons (Fsp3) is 0.900. The second-order valence-corrected chi connectivity index (χ2v) is 5.83. The van der Waals surface area contributed by atoms with Gasteiger partial charge < -0.3 is 10.1 Å². The number of carbonyl (C=O) groups is 1. The normalized spacial score (nSPS) is 20.0. The molecule has 0 aromatic heterocycles. The monoisotopic (exact) mass is 278 g/mol. The number of piperidine rings is 1. The number of nitrogens with zero attached hydrogens (tertiary/aromatic N) is 1. The van der Waals surface area contributed by atoms with Gasteiger partial charge in [0, 0.05) is 35.3 Å². The zero-order valence-electron chi connectivity index (χ0n) is 9.55. The summed E-state index contributed by atoms with van der Waals surface area (Å²) in [5.74, 6) is 0. The number of nitrogens with one attached hydrogen (secondary N) is 1. The summed E-state index contributed by atoms with van der Waals surface area (Å²) in [6, 6.07) is 0.244. The van der Waals surface area contributed by atoms with E-state index in [0.29, 0.717) is 0 Å². The first-order chi connectivity index (χ1) is 6.87. The molecule has 0 saturated carbocycles. The number of hydrogen-bond donors (Lipinski definition) is 1. The van der Waals surface area contributed by atoms with Gasteiger partial charge in [-0.05, 0) is 33.6 Å². The molecule has 1 aliphatic rings. The molecular formula is C10H19BrN2O2. The number of rotatable bonds is 1. The van der Waals surface area contributed by atoms with Crippen LogP contribution in [-0.2, 0) is 4.74 Å². The molecule has 0 bridgehead atoms. The van der Waals surface area contributed by atoms with Crippen LogP contribution >= 0.6 is 16.1 Å². The third kappa shape index (κ3) is 5.37. The Morgan fingerprint density at radius 1 is 1.40 bits per heavy atom. The molecule has 15 heavy (non-hydrogen) atoms. The van der Waals surface area contributed by atoms with Crippen LogP contribution in [0.25, 0.3) is 0 Å². The summed E-state index contributed by atoms with van der Waals surface area (Å²) in [6.07, 6.45) is 1.62. The number of ether oxygens (including phenoxy) is 1. The minimum Gasteiger partial charge on any atom is -0.444 e. The molecule has 1 fully saturated rings. The van der Waals surface area contributed by atoms with E-state index in [0.717, 1.165) is 25.9 Å². The van der Waals surface area contributed by atoms with Gasteiger partial charge in [0.25, 0.3) is 0 Å². The fourth-order valence-electron chi connectivity index (χ4n) is 1.47. The highest BCUT2D eigenvalue weighted by Crippen LogP contribution is 2.14. The summed E-state index contributed by atoms with van der Waals surface area (Å²) >= 11 is 3.42. The van der Waals surface area contributed by atoms with Crippen molar-refractivity contribution in [1.82, 2.24) is 9.24 Å². The second kappa shape index (κ2) is 5.16. The maximum Gasteiger partial charge on any atom is 0.407 e. The van der Waals surface area contributed by atoms with E-state index in [2.05, 4.69) is 25.4 Å². The zero-order valence-corrected chi connectivity index (χ0v) is 11.1. The van der Waals surface area contributed by atoms with E-state index < -0.39 is 5.60 Å². The molecule has 0 atom stereocenters. The Bertz CT molecular complexity index is 220. The number of alkyl carbamates (subject to hydrolysis) is 1. The molecular weight excluding hydrogens is 260 g/mol. The van der Waals surface area contributed by atoms with E-state index in [4.69, 9.17) is 4.74 Å². The van der Waals surface area contributed by atoms with Crippen LogP contribution in [0.1, 0.15) is 33.6 Å². The summed E-state index contributed by atoms with van der Waals surface area (Å²) in [4.78, 5) is 11.4. The molecule has 0 spiro atoms. The molecule has 5 heteroatoms. The lowest BCUT2D eigenvalue weighted by atomic mass is 10.1. The van der Waals surface area contributed by atoms with Gasteiger partial charge in [-0.1, -0.05) is 0 Å². The van der Waals surface area contributed by atoms with Crippen LogP contribution in [0.3, 0.4) is 0 Å². The summed E-state index contributed by atoms with van der Waals surface area (Å²) < 4.78 is 7.28. The van der Waals surface area contributed by atoms with Crippen LogP contribution in [0, 0.1) is 0 Å². The van der Waals surface area contributed by atoms with Crippen molar-refractivity contribution in [3.05, 3.63) is 0 Å². The standard InChI is InChI=1S/C10H19BrN2O2/c1-10(2,3)15-9(14)12-8-4-6-13(11)7-5-8/h8H,4-7H2,1-3H3,(H,12,14). The number of hydrogen-bond acceptors (Lipinski definition) is 3. The van der Waals surface area contributed by atoms with Gasteiger partial charge in [0.2, 0.25) is 0 Å². The van der Waals surface area contributed by atoms with Gasteiger partial charge in [-0.25, -0.2) is 8.72 Å². The zero-order chi connectivity index (χ0) is 11.5. The number of carbonyl (C=O) groups excluding carboxylic acids is 1. The predicted octanol–water partition coefficient (Wildman–Crippen LogP) is 2.29. The van der Waals surface area contributed by atoms with Crippen LogP contribution in [0.2, 0.25) is 0 Å². The van der Waals surface area contributed by atoms with Crippen molar-refractivity contribution < 1.29 is 9.53 Å². The molecule has 1 rings (SSSR count). The molecule has 1 N–H and O–H groups in total. The van der Waals surface area contributed by atoms with Gasteiger partial charge in [-0.2, -0.15) is 0 Å². The Morgan fingerprint density at radius 2 is 1.93 bits per heavy atom. The van der Waals surface area contributed by atoms with Crippen LogP contribution in [0.4, 0.5) is 4.79 Å². The first-order valence-corrected chi connectivity index (χ1v) is 5.98. The van der Waals surface area contributed by atoms with Gasteiger partial charge in [0.1, 0.15) is 5.60 Å². The van der Waals surface area contributed by atoms with Crippen molar-refractivity contribution in [3.63, 3.8) is 0 Å². The molecule has 0 aliphatic carbocycles. The molecule has 0 aromatic carbocycles. The Hall–Kier alpha value is -0.290. The minimum absolute atomic E-state index is 0.244. The fourth-order valence-corrected chi connectivity index (χ4v) is 1.88. The third-order valence-corrected chi connectivity index (χ3v) is 2.87. The van der Waals surface area contributed by atoms with Crippen molar-refractivity contribution in [2.45, 2.75) is 45.3 Å². The number of amides is 1. The molecule has 1 aliphatic heterocycles. The van der Waals surface area contributed by atoms with E-state index in [1.165, 1.54) is 0 Å². The lowest BCUT2D eigenvalue weighted by Crippen LogP contribution is -2.44. The Morgan fingerprint density at radius 3 is 2.40 bits per heavy atom. The maximum absolute atomic E-state index is 11.4. The smallest absolute Gasteiger partial charge is 0.407 e. The van der Waals surface area contributed by atoms with Gasteiger partial charge in [-0.15, -0.1) is 0 Å². The van der Waals surface area contributed by atoms with Crippen LogP contribution in [0.15, 0.2) is 0 Å². The first kappa shape index (κ1) is 12.8. The topological polar surface area (TPSA) is 41.6 Å². The molecule has 88 valence electrons.